The number of carbonyl (C=O) groups is 1. The Balaban J connectivity index is 1.50. The molecule has 4 rings (SSSR count). The Bertz CT molecular complexity index is 876. The first-order chi connectivity index (χ1) is 12.8. The zero-order chi connectivity index (χ0) is 17.8. The van der Waals surface area contributed by atoms with Crippen molar-refractivity contribution in [2.45, 2.75) is 12.5 Å². The van der Waals surface area contributed by atoms with Crippen LogP contribution in [0.2, 0.25) is 0 Å². The zero-order valence-corrected chi connectivity index (χ0v) is 14.3. The molecule has 1 unspecified atom stereocenters. The predicted molar refractivity (Wildman–Crippen MR) is 99.7 cm³/mol. The second-order valence-electron chi connectivity index (χ2n) is 6.17. The van der Waals surface area contributed by atoms with Gasteiger partial charge in [0.15, 0.2) is 11.5 Å². The minimum Gasteiger partial charge on any atom is -0.486 e. The second kappa shape index (κ2) is 7.35. The van der Waals surface area contributed by atoms with Gasteiger partial charge in [0.05, 0.1) is 12.5 Å². The molecule has 1 aliphatic heterocycles. The van der Waals surface area contributed by atoms with Gasteiger partial charge in [0.2, 0.25) is 5.91 Å². The van der Waals surface area contributed by atoms with Crippen molar-refractivity contribution >= 4 is 11.6 Å². The standard InChI is InChI=1S/C21H20N2O3/c24-21(22-17-8-9-19-20(14-17)26-13-12-25-19)15-18(23-10-4-5-11-23)16-6-2-1-3-7-16/h1-11,14,18H,12-13,15H2,(H,22,24). The Labute approximate surface area is 152 Å². The van der Waals surface area contributed by atoms with Gasteiger partial charge in [-0.3, -0.25) is 4.79 Å². The Morgan fingerprint density at radius 2 is 1.69 bits per heavy atom. The molecule has 0 fully saturated rings. The van der Waals surface area contributed by atoms with Gasteiger partial charge in [-0.15, -0.1) is 0 Å². The Hall–Kier alpha value is -3.21. The third kappa shape index (κ3) is 3.57. The molecule has 5 heteroatoms. The van der Waals surface area contributed by atoms with Gasteiger partial charge in [0, 0.05) is 24.1 Å². The highest BCUT2D eigenvalue weighted by Gasteiger charge is 2.18. The number of benzene rings is 2. The third-order valence-corrected chi connectivity index (χ3v) is 4.38. The first kappa shape index (κ1) is 16.3. The van der Waals surface area contributed by atoms with E-state index in [1.165, 1.54) is 0 Å². The second-order valence-corrected chi connectivity index (χ2v) is 6.17. The average molecular weight is 348 g/mol. The summed E-state index contributed by atoms with van der Waals surface area (Å²) in [5.74, 6) is 1.33. The summed E-state index contributed by atoms with van der Waals surface area (Å²) in [6.45, 7) is 1.07. The lowest BCUT2D eigenvalue weighted by Crippen LogP contribution is -2.20. The third-order valence-electron chi connectivity index (χ3n) is 4.38. The van der Waals surface area contributed by atoms with E-state index in [4.69, 9.17) is 9.47 Å². The molecule has 3 aromatic rings. The fourth-order valence-electron chi connectivity index (χ4n) is 3.13. The van der Waals surface area contributed by atoms with Crippen molar-refractivity contribution in [2.24, 2.45) is 0 Å². The van der Waals surface area contributed by atoms with Gasteiger partial charge >= 0.3 is 0 Å². The van der Waals surface area contributed by atoms with Crippen LogP contribution in [0.4, 0.5) is 5.69 Å². The topological polar surface area (TPSA) is 52.5 Å². The lowest BCUT2D eigenvalue weighted by atomic mass is 10.0. The van der Waals surface area contributed by atoms with Crippen molar-refractivity contribution in [2.75, 3.05) is 18.5 Å². The van der Waals surface area contributed by atoms with Crippen LogP contribution < -0.4 is 14.8 Å². The average Bonchev–Trinajstić information content (AvgIpc) is 3.21. The molecule has 5 nitrogen and oxygen atoms in total. The fourth-order valence-corrected chi connectivity index (χ4v) is 3.13. The predicted octanol–water partition coefficient (Wildman–Crippen LogP) is 3.88. The number of aromatic nitrogens is 1. The van der Waals surface area contributed by atoms with E-state index in [1.807, 2.05) is 67.0 Å². The molecule has 26 heavy (non-hydrogen) atoms. The van der Waals surface area contributed by atoms with E-state index < -0.39 is 0 Å². The minimum absolute atomic E-state index is 0.0516. The first-order valence-electron chi connectivity index (χ1n) is 8.66. The Morgan fingerprint density at radius 3 is 2.46 bits per heavy atom. The molecule has 0 spiro atoms. The number of carbonyl (C=O) groups excluding carboxylic acids is 1. The van der Waals surface area contributed by atoms with Gasteiger partial charge in [0.1, 0.15) is 13.2 Å². The summed E-state index contributed by atoms with van der Waals surface area (Å²) < 4.78 is 13.1. The van der Waals surface area contributed by atoms with E-state index in [1.54, 1.807) is 6.07 Å². The van der Waals surface area contributed by atoms with Crippen LogP contribution in [-0.4, -0.2) is 23.7 Å². The zero-order valence-electron chi connectivity index (χ0n) is 14.3. The Kier molecular flexibility index (Phi) is 4.60. The summed E-state index contributed by atoms with van der Waals surface area (Å²) in [5.41, 5.74) is 1.81. The molecule has 2 heterocycles. The molecule has 132 valence electrons. The van der Waals surface area contributed by atoms with Gasteiger partial charge in [-0.05, 0) is 29.8 Å². The number of nitrogens with one attached hydrogen (secondary N) is 1. The summed E-state index contributed by atoms with van der Waals surface area (Å²) in [7, 11) is 0. The van der Waals surface area contributed by atoms with E-state index in [0.29, 0.717) is 36.8 Å². The number of anilines is 1. The number of hydrogen-bond acceptors (Lipinski definition) is 3. The van der Waals surface area contributed by atoms with Crippen LogP contribution in [0.3, 0.4) is 0 Å². The molecule has 1 N–H and O–H groups in total. The molecule has 1 aliphatic rings. The number of fused-ring (bicyclic) bond motifs is 1. The highest BCUT2D eigenvalue weighted by molar-refractivity contribution is 5.91. The summed E-state index contributed by atoms with van der Waals surface area (Å²) >= 11 is 0. The van der Waals surface area contributed by atoms with E-state index in [9.17, 15) is 4.79 Å². The van der Waals surface area contributed by atoms with Crippen LogP contribution in [-0.2, 0) is 4.79 Å². The van der Waals surface area contributed by atoms with E-state index >= 15 is 0 Å². The number of amides is 1. The van der Waals surface area contributed by atoms with Crippen molar-refractivity contribution in [1.29, 1.82) is 0 Å². The molecule has 1 atom stereocenters. The molecule has 1 aromatic heterocycles. The lowest BCUT2D eigenvalue weighted by molar-refractivity contribution is -0.116. The van der Waals surface area contributed by atoms with E-state index in [0.717, 1.165) is 5.56 Å². The molecular weight excluding hydrogens is 328 g/mol. The van der Waals surface area contributed by atoms with Crippen LogP contribution in [0.25, 0.3) is 0 Å². The fraction of sp³-hybridized carbons (Fsp3) is 0.190. The molecular formula is C21H20N2O3. The molecule has 0 radical (unpaired) electrons. The van der Waals surface area contributed by atoms with Crippen LogP contribution in [0.1, 0.15) is 18.0 Å². The SMILES string of the molecule is O=C(CC(c1ccccc1)n1cccc1)Nc1ccc2c(c1)OCCO2. The molecule has 0 aliphatic carbocycles. The lowest BCUT2D eigenvalue weighted by Gasteiger charge is -2.21. The van der Waals surface area contributed by atoms with E-state index in [-0.39, 0.29) is 11.9 Å². The minimum atomic E-state index is -0.0524. The number of ether oxygens (including phenoxy) is 2. The van der Waals surface area contributed by atoms with Crippen molar-refractivity contribution < 1.29 is 14.3 Å². The van der Waals surface area contributed by atoms with Crippen LogP contribution in [0.15, 0.2) is 73.1 Å². The number of nitrogens with zero attached hydrogens (tertiary/aromatic N) is 1. The number of hydrogen-bond donors (Lipinski definition) is 1. The smallest absolute Gasteiger partial charge is 0.226 e. The quantitative estimate of drug-likeness (QED) is 0.761. The van der Waals surface area contributed by atoms with Crippen LogP contribution in [0, 0.1) is 0 Å². The normalized spacial score (nSPS) is 13.8. The first-order valence-corrected chi connectivity index (χ1v) is 8.66. The number of rotatable bonds is 5. The summed E-state index contributed by atoms with van der Waals surface area (Å²) in [6.07, 6.45) is 4.30. The largest absolute Gasteiger partial charge is 0.486 e. The van der Waals surface area contributed by atoms with E-state index in [2.05, 4.69) is 9.88 Å². The summed E-state index contributed by atoms with van der Waals surface area (Å²) in [4.78, 5) is 12.7. The highest BCUT2D eigenvalue weighted by atomic mass is 16.6. The van der Waals surface area contributed by atoms with Gasteiger partial charge < -0.3 is 19.4 Å². The maximum absolute atomic E-state index is 12.7. The van der Waals surface area contributed by atoms with Crippen molar-refractivity contribution in [1.82, 2.24) is 4.57 Å². The van der Waals surface area contributed by atoms with Gasteiger partial charge in [0.25, 0.3) is 0 Å². The van der Waals surface area contributed by atoms with Crippen molar-refractivity contribution in [3.8, 4) is 11.5 Å². The Morgan fingerprint density at radius 1 is 0.962 bits per heavy atom. The molecule has 0 saturated heterocycles. The van der Waals surface area contributed by atoms with Gasteiger partial charge in [-0.2, -0.15) is 0 Å². The van der Waals surface area contributed by atoms with Gasteiger partial charge in [-0.25, -0.2) is 0 Å². The summed E-state index contributed by atoms with van der Waals surface area (Å²) in [6, 6.07) is 19.4. The monoisotopic (exact) mass is 348 g/mol. The maximum Gasteiger partial charge on any atom is 0.226 e. The van der Waals surface area contributed by atoms with Crippen molar-refractivity contribution in [3.05, 3.63) is 78.6 Å². The van der Waals surface area contributed by atoms with Crippen molar-refractivity contribution in [3.63, 3.8) is 0 Å². The molecule has 0 bridgehead atoms. The highest BCUT2D eigenvalue weighted by Crippen LogP contribution is 2.33. The molecule has 1 amide bonds. The van der Waals surface area contributed by atoms with Gasteiger partial charge in [-0.1, -0.05) is 30.3 Å². The summed E-state index contributed by atoms with van der Waals surface area (Å²) in [5, 5.41) is 2.97. The maximum atomic E-state index is 12.7. The molecule has 2 aromatic carbocycles. The molecule has 0 saturated carbocycles. The van der Waals surface area contributed by atoms with Crippen LogP contribution in [0.5, 0.6) is 11.5 Å². The van der Waals surface area contributed by atoms with Crippen LogP contribution >= 0.6 is 0 Å².